The van der Waals surface area contributed by atoms with Gasteiger partial charge in [0.25, 0.3) is 0 Å². The van der Waals surface area contributed by atoms with Crippen molar-refractivity contribution in [2.45, 2.75) is 32.1 Å². The van der Waals surface area contributed by atoms with Gasteiger partial charge in [0.05, 0.1) is 0 Å². The van der Waals surface area contributed by atoms with Crippen LogP contribution in [0.1, 0.15) is 41.6 Å². The van der Waals surface area contributed by atoms with E-state index in [0.29, 0.717) is 6.42 Å². The van der Waals surface area contributed by atoms with E-state index in [1.807, 2.05) is 6.07 Å². The molecule has 2 aromatic rings. The molecule has 0 N–H and O–H groups in total. The summed E-state index contributed by atoms with van der Waals surface area (Å²) >= 11 is 0. The Hall–Kier alpha value is -1.87. The van der Waals surface area contributed by atoms with E-state index in [2.05, 4.69) is 34.1 Å². The number of ketones is 1. The van der Waals surface area contributed by atoms with Gasteiger partial charge >= 0.3 is 0 Å². The van der Waals surface area contributed by atoms with Crippen LogP contribution in [0.2, 0.25) is 0 Å². The fourth-order valence-corrected chi connectivity index (χ4v) is 4.82. The van der Waals surface area contributed by atoms with Crippen molar-refractivity contribution in [2.24, 2.45) is 5.92 Å². The molecular weight excluding hydrogens is 308 g/mol. The first-order valence-corrected chi connectivity index (χ1v) is 9.85. The third-order valence-corrected chi connectivity index (χ3v) is 6.43. The van der Waals surface area contributed by atoms with Gasteiger partial charge in [0.15, 0.2) is 5.78 Å². The van der Waals surface area contributed by atoms with Gasteiger partial charge in [-0.3, -0.25) is 4.79 Å². The first kappa shape index (κ1) is 15.4. The average molecular weight is 334 g/mol. The quantitative estimate of drug-likeness (QED) is 0.851. The molecule has 2 aliphatic carbocycles. The first-order chi connectivity index (χ1) is 12.3. The Morgan fingerprint density at radius 3 is 2.72 bits per heavy atom. The number of nitrogens with zero attached hydrogens (tertiary/aromatic N) is 2. The van der Waals surface area contributed by atoms with Crippen molar-refractivity contribution in [2.75, 3.05) is 37.6 Å². The average Bonchev–Trinajstić information content (AvgIpc) is 2.78. The minimum Gasteiger partial charge on any atom is -0.370 e. The normalized spacial score (nSPS) is 21.6. The van der Waals surface area contributed by atoms with Crippen LogP contribution in [-0.4, -0.2) is 43.4 Å². The van der Waals surface area contributed by atoms with Crippen molar-refractivity contribution in [3.05, 3.63) is 41.5 Å². The fraction of sp³-hybridized carbons (Fsp3) is 0.500. The first-order valence-electron chi connectivity index (χ1n) is 9.85. The minimum absolute atomic E-state index is 0.278. The number of anilines is 1. The van der Waals surface area contributed by atoms with Crippen LogP contribution in [0.3, 0.4) is 0 Å². The lowest BCUT2D eigenvalue weighted by Crippen LogP contribution is -2.35. The molecule has 0 unspecified atom stereocenters. The van der Waals surface area contributed by atoms with Crippen LogP contribution in [0.4, 0.5) is 5.69 Å². The van der Waals surface area contributed by atoms with Gasteiger partial charge in [-0.05, 0) is 48.7 Å². The highest BCUT2D eigenvalue weighted by Gasteiger charge is 2.26. The molecule has 3 nitrogen and oxygen atoms in total. The number of Topliss-reactive ketones (excluding diaryl/α,β-unsaturated/α-hetero) is 1. The van der Waals surface area contributed by atoms with Crippen molar-refractivity contribution in [3.63, 3.8) is 0 Å². The van der Waals surface area contributed by atoms with Gasteiger partial charge in [-0.15, -0.1) is 0 Å². The van der Waals surface area contributed by atoms with Crippen molar-refractivity contribution in [3.8, 4) is 0 Å². The zero-order chi connectivity index (χ0) is 16.8. The summed E-state index contributed by atoms with van der Waals surface area (Å²) in [6.07, 6.45) is 6.11. The van der Waals surface area contributed by atoms with Gasteiger partial charge in [0.1, 0.15) is 0 Å². The van der Waals surface area contributed by atoms with E-state index in [1.165, 1.54) is 67.3 Å². The zero-order valence-electron chi connectivity index (χ0n) is 14.8. The Labute approximate surface area is 149 Å². The third-order valence-electron chi connectivity index (χ3n) is 6.43. The van der Waals surface area contributed by atoms with E-state index < -0.39 is 0 Å². The molecule has 0 bridgehead atoms. The Kier molecular flexibility index (Phi) is 3.78. The smallest absolute Gasteiger partial charge is 0.167 e. The van der Waals surface area contributed by atoms with Crippen molar-refractivity contribution in [1.29, 1.82) is 0 Å². The molecule has 0 amide bonds. The van der Waals surface area contributed by atoms with E-state index in [4.69, 9.17) is 0 Å². The second kappa shape index (κ2) is 6.14. The molecule has 0 radical (unpaired) electrons. The van der Waals surface area contributed by atoms with Gasteiger partial charge in [-0.2, -0.15) is 0 Å². The molecule has 25 heavy (non-hydrogen) atoms. The Morgan fingerprint density at radius 2 is 1.88 bits per heavy atom. The zero-order valence-corrected chi connectivity index (χ0v) is 14.8. The van der Waals surface area contributed by atoms with Gasteiger partial charge in [0.2, 0.25) is 0 Å². The molecule has 130 valence electrons. The Morgan fingerprint density at radius 1 is 0.960 bits per heavy atom. The maximum atomic E-state index is 12.2. The van der Waals surface area contributed by atoms with Crippen molar-refractivity contribution >= 4 is 22.2 Å². The predicted molar refractivity (Wildman–Crippen MR) is 103 cm³/mol. The molecule has 0 atom stereocenters. The van der Waals surface area contributed by atoms with Crippen LogP contribution < -0.4 is 4.90 Å². The summed E-state index contributed by atoms with van der Waals surface area (Å²) < 4.78 is 0. The molecule has 5 rings (SSSR count). The van der Waals surface area contributed by atoms with Crippen LogP contribution in [0.15, 0.2) is 30.3 Å². The van der Waals surface area contributed by atoms with Crippen LogP contribution in [0.25, 0.3) is 10.8 Å². The third kappa shape index (κ3) is 2.65. The van der Waals surface area contributed by atoms with E-state index >= 15 is 0 Å². The van der Waals surface area contributed by atoms with Gasteiger partial charge < -0.3 is 9.80 Å². The molecule has 1 heterocycles. The largest absolute Gasteiger partial charge is 0.370 e. The lowest BCUT2D eigenvalue weighted by molar-refractivity contribution is 0.1000. The summed E-state index contributed by atoms with van der Waals surface area (Å²) in [7, 11) is 0. The second-order valence-corrected chi connectivity index (χ2v) is 8.01. The summed E-state index contributed by atoms with van der Waals surface area (Å²) in [5.74, 6) is 1.23. The van der Waals surface area contributed by atoms with E-state index in [1.54, 1.807) is 0 Å². The highest BCUT2D eigenvalue weighted by atomic mass is 16.1. The Bertz CT molecular complexity index is 824. The number of carbonyl (C=O) groups is 1. The van der Waals surface area contributed by atoms with Gasteiger partial charge in [0, 0.05) is 49.2 Å². The lowest BCUT2D eigenvalue weighted by atomic mass is 9.85. The lowest BCUT2D eigenvalue weighted by Gasteiger charge is -2.31. The highest BCUT2D eigenvalue weighted by molar-refractivity contribution is 6.17. The van der Waals surface area contributed by atoms with Crippen LogP contribution >= 0.6 is 0 Å². The molecule has 2 fully saturated rings. The number of rotatable bonds is 3. The molecule has 2 aromatic carbocycles. The summed E-state index contributed by atoms with van der Waals surface area (Å²) in [6, 6.07) is 10.7. The molecule has 1 aliphatic heterocycles. The molecule has 1 saturated heterocycles. The summed E-state index contributed by atoms with van der Waals surface area (Å²) in [5, 5.41) is 2.48. The van der Waals surface area contributed by atoms with Crippen LogP contribution in [-0.2, 0) is 6.42 Å². The summed E-state index contributed by atoms with van der Waals surface area (Å²) in [5.41, 5.74) is 3.46. The minimum atomic E-state index is 0.278. The van der Waals surface area contributed by atoms with Crippen molar-refractivity contribution in [1.82, 2.24) is 4.90 Å². The van der Waals surface area contributed by atoms with E-state index in [9.17, 15) is 4.79 Å². The predicted octanol–water partition coefficient (Wildman–Crippen LogP) is 3.89. The van der Waals surface area contributed by atoms with E-state index in [0.717, 1.165) is 24.6 Å². The van der Waals surface area contributed by atoms with Gasteiger partial charge in [-0.1, -0.05) is 30.7 Å². The highest BCUT2D eigenvalue weighted by Crippen LogP contribution is 2.37. The standard InChI is InChI=1S/C22H26N2O/c25-21-14-17-8-9-20(18-6-2-7-19(21)22(17)18)24-11-3-10-23(12-13-24)15-16-4-1-5-16/h2,6-9,16H,1,3-5,10-15H2. The number of hydrogen-bond acceptors (Lipinski definition) is 3. The molecule has 3 heteroatoms. The number of hydrogen-bond donors (Lipinski definition) is 0. The molecule has 0 aromatic heterocycles. The summed E-state index contributed by atoms with van der Waals surface area (Å²) in [4.78, 5) is 17.5. The SMILES string of the molecule is O=C1Cc2ccc(N3CCCN(CC4CCC4)CC3)c3cccc1c23. The van der Waals surface area contributed by atoms with Crippen LogP contribution in [0, 0.1) is 5.92 Å². The monoisotopic (exact) mass is 334 g/mol. The topological polar surface area (TPSA) is 23.6 Å². The number of benzene rings is 2. The molecule has 3 aliphatic rings. The molecule has 1 saturated carbocycles. The molecular formula is C22H26N2O. The van der Waals surface area contributed by atoms with E-state index in [-0.39, 0.29) is 5.78 Å². The maximum absolute atomic E-state index is 12.2. The van der Waals surface area contributed by atoms with Gasteiger partial charge in [-0.25, -0.2) is 0 Å². The Balaban J connectivity index is 1.42. The maximum Gasteiger partial charge on any atom is 0.167 e. The second-order valence-electron chi connectivity index (χ2n) is 8.01. The fourth-order valence-electron chi connectivity index (χ4n) is 4.82. The number of carbonyl (C=O) groups excluding carboxylic acids is 1. The molecule has 0 spiro atoms. The van der Waals surface area contributed by atoms with Crippen LogP contribution in [0.5, 0.6) is 0 Å². The summed E-state index contributed by atoms with van der Waals surface area (Å²) in [6.45, 7) is 5.91. The van der Waals surface area contributed by atoms with Crippen molar-refractivity contribution < 1.29 is 4.79 Å².